The van der Waals surface area contributed by atoms with Crippen LogP contribution in [0.4, 0.5) is 0 Å². The molecule has 128 valence electrons. The Morgan fingerprint density at radius 3 is 2.68 bits per heavy atom. The van der Waals surface area contributed by atoms with Gasteiger partial charge in [0.1, 0.15) is 5.56 Å². The van der Waals surface area contributed by atoms with Crippen molar-refractivity contribution in [1.29, 1.82) is 0 Å². The summed E-state index contributed by atoms with van der Waals surface area (Å²) < 4.78 is 0.898. The van der Waals surface area contributed by atoms with Crippen molar-refractivity contribution in [3.8, 4) is 0 Å². The highest BCUT2D eigenvalue weighted by atomic mass is 79.9. The second-order valence-corrected chi connectivity index (χ2v) is 7.16. The minimum atomic E-state index is -0.372. The Bertz CT molecular complexity index is 951. The average molecular weight is 399 g/mol. The minimum absolute atomic E-state index is 0.137. The van der Waals surface area contributed by atoms with Gasteiger partial charge in [-0.2, -0.15) is 0 Å². The first kappa shape index (κ1) is 17.4. The largest absolute Gasteiger partial charge is 0.352 e. The third-order valence-electron chi connectivity index (χ3n) is 4.09. The molecule has 3 aromatic rings. The van der Waals surface area contributed by atoms with Crippen LogP contribution in [0.1, 0.15) is 22.8 Å². The molecule has 1 aromatic heterocycles. The summed E-state index contributed by atoms with van der Waals surface area (Å²) in [4.78, 5) is 27.3. The zero-order valence-corrected chi connectivity index (χ0v) is 15.5. The van der Waals surface area contributed by atoms with Crippen molar-refractivity contribution in [2.45, 2.75) is 13.3 Å². The SMILES string of the molecule is CC(CNC(=O)c1cc2cc(Br)ccc2[nH]c1=O)Cc1ccccc1. The Morgan fingerprint density at radius 1 is 1.16 bits per heavy atom. The van der Waals surface area contributed by atoms with Crippen molar-refractivity contribution < 1.29 is 4.79 Å². The van der Waals surface area contributed by atoms with Crippen LogP contribution in [0.2, 0.25) is 0 Å². The molecule has 25 heavy (non-hydrogen) atoms. The fourth-order valence-electron chi connectivity index (χ4n) is 2.80. The molecule has 1 heterocycles. The molecule has 5 heteroatoms. The van der Waals surface area contributed by atoms with Gasteiger partial charge >= 0.3 is 0 Å². The van der Waals surface area contributed by atoms with Gasteiger partial charge in [0.05, 0.1) is 0 Å². The number of hydrogen-bond acceptors (Lipinski definition) is 2. The number of rotatable bonds is 5. The van der Waals surface area contributed by atoms with Gasteiger partial charge in [0.15, 0.2) is 0 Å². The second kappa shape index (κ2) is 7.66. The molecule has 2 aromatic carbocycles. The first-order chi connectivity index (χ1) is 12.0. The van der Waals surface area contributed by atoms with Gasteiger partial charge in [-0.05, 0) is 42.2 Å². The highest BCUT2D eigenvalue weighted by molar-refractivity contribution is 9.10. The molecule has 4 nitrogen and oxygen atoms in total. The van der Waals surface area contributed by atoms with Crippen LogP contribution in [0.25, 0.3) is 10.9 Å². The Balaban J connectivity index is 1.69. The first-order valence-corrected chi connectivity index (χ1v) is 8.97. The smallest absolute Gasteiger partial charge is 0.261 e. The molecule has 2 N–H and O–H groups in total. The number of carbonyl (C=O) groups excluding carboxylic acids is 1. The van der Waals surface area contributed by atoms with Gasteiger partial charge in [-0.15, -0.1) is 0 Å². The van der Waals surface area contributed by atoms with E-state index in [4.69, 9.17) is 0 Å². The van der Waals surface area contributed by atoms with E-state index in [1.807, 2.05) is 36.4 Å². The molecule has 0 radical (unpaired) electrons. The summed E-state index contributed by atoms with van der Waals surface area (Å²) in [5, 5.41) is 3.68. The Morgan fingerprint density at radius 2 is 1.92 bits per heavy atom. The molecule has 0 saturated carbocycles. The summed E-state index contributed by atoms with van der Waals surface area (Å²) >= 11 is 3.40. The maximum atomic E-state index is 12.4. The average Bonchev–Trinajstić information content (AvgIpc) is 2.60. The number of H-pyrrole nitrogens is 1. The Labute approximate surface area is 154 Å². The number of hydrogen-bond donors (Lipinski definition) is 2. The summed E-state index contributed by atoms with van der Waals surface area (Å²) in [6, 6.07) is 17.3. The number of fused-ring (bicyclic) bond motifs is 1. The van der Waals surface area contributed by atoms with E-state index in [1.165, 1.54) is 5.56 Å². The summed E-state index contributed by atoms with van der Waals surface area (Å²) in [6.45, 7) is 2.60. The normalized spacial score (nSPS) is 12.1. The summed E-state index contributed by atoms with van der Waals surface area (Å²) in [5.74, 6) is -0.0666. The van der Waals surface area contributed by atoms with Crippen LogP contribution in [0, 0.1) is 5.92 Å². The third-order valence-corrected chi connectivity index (χ3v) is 4.58. The molecule has 1 unspecified atom stereocenters. The van der Waals surface area contributed by atoms with Crippen molar-refractivity contribution in [2.75, 3.05) is 6.54 Å². The minimum Gasteiger partial charge on any atom is -0.352 e. The number of pyridine rings is 1. The van der Waals surface area contributed by atoms with Crippen molar-refractivity contribution in [1.82, 2.24) is 10.3 Å². The van der Waals surface area contributed by atoms with E-state index in [1.54, 1.807) is 6.07 Å². The van der Waals surface area contributed by atoms with Crippen molar-refractivity contribution >= 4 is 32.7 Å². The van der Waals surface area contributed by atoms with E-state index in [2.05, 4.69) is 45.3 Å². The third kappa shape index (κ3) is 4.37. The maximum Gasteiger partial charge on any atom is 0.261 e. The fraction of sp³-hybridized carbons (Fsp3) is 0.200. The standard InChI is InChI=1S/C20H19BrN2O2/c1-13(9-14-5-3-2-4-6-14)12-22-19(24)17-11-15-10-16(21)7-8-18(15)23-20(17)25/h2-8,10-11,13H,9,12H2,1H3,(H,22,24)(H,23,25). The Kier molecular flexibility index (Phi) is 5.34. The zero-order chi connectivity index (χ0) is 17.8. The fourth-order valence-corrected chi connectivity index (χ4v) is 3.18. The van der Waals surface area contributed by atoms with E-state index in [0.29, 0.717) is 12.1 Å². The molecular formula is C20H19BrN2O2. The highest BCUT2D eigenvalue weighted by Crippen LogP contribution is 2.17. The van der Waals surface area contributed by atoms with E-state index in [9.17, 15) is 9.59 Å². The molecule has 1 atom stereocenters. The lowest BCUT2D eigenvalue weighted by Crippen LogP contribution is -2.33. The number of carbonyl (C=O) groups is 1. The molecule has 0 fully saturated rings. The highest BCUT2D eigenvalue weighted by Gasteiger charge is 2.13. The lowest BCUT2D eigenvalue weighted by molar-refractivity contribution is 0.0946. The van der Waals surface area contributed by atoms with E-state index >= 15 is 0 Å². The van der Waals surface area contributed by atoms with Gasteiger partial charge < -0.3 is 10.3 Å². The lowest BCUT2D eigenvalue weighted by Gasteiger charge is -2.13. The number of benzene rings is 2. The van der Waals surface area contributed by atoms with Crippen LogP contribution >= 0.6 is 15.9 Å². The van der Waals surface area contributed by atoms with Gasteiger partial charge in [0.25, 0.3) is 11.5 Å². The molecular weight excluding hydrogens is 380 g/mol. The lowest BCUT2D eigenvalue weighted by atomic mass is 10.0. The summed E-state index contributed by atoms with van der Waals surface area (Å²) in [5.41, 5.74) is 1.71. The predicted octanol–water partition coefficient (Wildman–Crippen LogP) is 3.90. The maximum absolute atomic E-state index is 12.4. The molecule has 1 amide bonds. The molecule has 0 saturated heterocycles. The molecule has 3 rings (SSSR count). The van der Waals surface area contributed by atoms with Crippen molar-refractivity contribution in [3.63, 3.8) is 0 Å². The van der Waals surface area contributed by atoms with E-state index < -0.39 is 0 Å². The molecule has 0 aliphatic heterocycles. The molecule has 0 aliphatic rings. The van der Waals surface area contributed by atoms with Gasteiger partial charge in [0.2, 0.25) is 0 Å². The molecule has 0 bridgehead atoms. The number of nitrogens with one attached hydrogen (secondary N) is 2. The summed E-state index contributed by atoms with van der Waals surface area (Å²) in [6.07, 6.45) is 0.877. The van der Waals surface area contributed by atoms with Crippen LogP contribution in [-0.2, 0) is 6.42 Å². The van der Waals surface area contributed by atoms with Gasteiger partial charge in [-0.1, -0.05) is 53.2 Å². The number of amides is 1. The quantitative estimate of drug-likeness (QED) is 0.684. The van der Waals surface area contributed by atoms with Crippen LogP contribution in [0.15, 0.2) is 63.9 Å². The Hall–Kier alpha value is -2.40. The first-order valence-electron chi connectivity index (χ1n) is 8.17. The van der Waals surface area contributed by atoms with Gasteiger partial charge in [-0.25, -0.2) is 0 Å². The van der Waals surface area contributed by atoms with Crippen LogP contribution in [0.5, 0.6) is 0 Å². The number of aromatic nitrogens is 1. The van der Waals surface area contributed by atoms with E-state index in [-0.39, 0.29) is 22.9 Å². The van der Waals surface area contributed by atoms with Crippen LogP contribution in [0.3, 0.4) is 0 Å². The monoisotopic (exact) mass is 398 g/mol. The summed E-state index contributed by atoms with van der Waals surface area (Å²) in [7, 11) is 0. The molecule has 0 aliphatic carbocycles. The topological polar surface area (TPSA) is 62.0 Å². The predicted molar refractivity (Wildman–Crippen MR) is 104 cm³/mol. The second-order valence-electron chi connectivity index (χ2n) is 6.25. The number of halogens is 1. The van der Waals surface area contributed by atoms with Crippen molar-refractivity contribution in [3.05, 3.63) is 80.6 Å². The molecule has 0 spiro atoms. The zero-order valence-electron chi connectivity index (χ0n) is 13.9. The number of aromatic amines is 1. The van der Waals surface area contributed by atoms with Gasteiger partial charge in [0, 0.05) is 21.9 Å². The van der Waals surface area contributed by atoms with Crippen molar-refractivity contribution in [2.24, 2.45) is 5.92 Å². The van der Waals surface area contributed by atoms with E-state index in [0.717, 1.165) is 16.3 Å². The van der Waals surface area contributed by atoms with Crippen LogP contribution < -0.4 is 10.9 Å². The van der Waals surface area contributed by atoms with Gasteiger partial charge in [-0.3, -0.25) is 9.59 Å². The van der Waals surface area contributed by atoms with Crippen LogP contribution in [-0.4, -0.2) is 17.4 Å².